The van der Waals surface area contributed by atoms with Gasteiger partial charge >= 0.3 is 0 Å². The molecule has 4 aromatic rings. The summed E-state index contributed by atoms with van der Waals surface area (Å²) in [5, 5.41) is 8.28. The van der Waals surface area contributed by atoms with Gasteiger partial charge in [-0.2, -0.15) is 9.67 Å². The lowest BCUT2D eigenvalue weighted by Crippen LogP contribution is -2.17. The van der Waals surface area contributed by atoms with Gasteiger partial charge in [-0.05, 0) is 54.1 Å². The molecule has 2 aromatic carbocycles. The first-order valence-electron chi connectivity index (χ1n) is 9.18. The topological polar surface area (TPSA) is 81.9 Å². The zero-order valence-electron chi connectivity index (χ0n) is 16.1. The number of nitrogens with one attached hydrogen (secondary N) is 1. The van der Waals surface area contributed by atoms with Crippen molar-refractivity contribution in [3.63, 3.8) is 0 Å². The number of hydrogen-bond acceptors (Lipinski definition) is 6. The highest BCUT2D eigenvalue weighted by Gasteiger charge is 2.19. The van der Waals surface area contributed by atoms with Gasteiger partial charge in [-0.15, -0.1) is 5.10 Å². The van der Waals surface area contributed by atoms with Gasteiger partial charge in [-0.1, -0.05) is 23.7 Å². The molecule has 4 rings (SSSR count). The van der Waals surface area contributed by atoms with Crippen molar-refractivity contribution in [1.82, 2.24) is 19.7 Å². The van der Waals surface area contributed by atoms with E-state index >= 15 is 0 Å². The largest absolute Gasteiger partial charge is 0.497 e. The number of ether oxygens (including phenoxy) is 1. The van der Waals surface area contributed by atoms with Gasteiger partial charge in [0.1, 0.15) is 5.75 Å². The molecule has 0 bridgehead atoms. The number of carbonyl (C=O) groups is 1. The van der Waals surface area contributed by atoms with E-state index in [0.717, 1.165) is 5.56 Å². The van der Waals surface area contributed by atoms with Crippen molar-refractivity contribution in [1.29, 1.82) is 0 Å². The summed E-state index contributed by atoms with van der Waals surface area (Å²) < 4.78 is 6.43. The fourth-order valence-corrected chi connectivity index (χ4v) is 2.95. The minimum absolute atomic E-state index is 0.307. The first-order chi connectivity index (χ1) is 14.6. The van der Waals surface area contributed by atoms with E-state index in [0.29, 0.717) is 40.2 Å². The molecular weight excluding hydrogens is 402 g/mol. The highest BCUT2D eigenvalue weighted by molar-refractivity contribution is 6.30. The summed E-state index contributed by atoms with van der Waals surface area (Å²) in [5.74, 6) is 1.11. The molecule has 7 nitrogen and oxygen atoms in total. The summed E-state index contributed by atoms with van der Waals surface area (Å²) >= 11 is 5.95. The van der Waals surface area contributed by atoms with Gasteiger partial charge in [0, 0.05) is 35.1 Å². The fourth-order valence-electron chi connectivity index (χ4n) is 2.82. The molecule has 150 valence electrons. The van der Waals surface area contributed by atoms with Crippen LogP contribution in [0.1, 0.15) is 15.9 Å². The molecule has 1 N–H and O–H groups in total. The van der Waals surface area contributed by atoms with Gasteiger partial charge in [0.05, 0.1) is 7.11 Å². The first-order valence-corrected chi connectivity index (χ1v) is 9.56. The Bertz CT molecular complexity index is 1140. The third-order valence-electron chi connectivity index (χ3n) is 4.42. The second-order valence-corrected chi connectivity index (χ2v) is 6.86. The Balaban J connectivity index is 1.66. The van der Waals surface area contributed by atoms with Gasteiger partial charge in [0.2, 0.25) is 5.95 Å². The number of anilines is 1. The van der Waals surface area contributed by atoms with E-state index in [1.54, 1.807) is 49.8 Å². The molecule has 30 heavy (non-hydrogen) atoms. The Morgan fingerprint density at radius 3 is 2.53 bits per heavy atom. The van der Waals surface area contributed by atoms with Crippen LogP contribution in [-0.4, -0.2) is 32.8 Å². The van der Waals surface area contributed by atoms with Gasteiger partial charge in [0.25, 0.3) is 5.91 Å². The zero-order chi connectivity index (χ0) is 20.9. The number of benzene rings is 2. The lowest BCUT2D eigenvalue weighted by Gasteiger charge is -2.08. The number of rotatable bonds is 6. The lowest BCUT2D eigenvalue weighted by molar-refractivity contribution is 0.0947. The summed E-state index contributed by atoms with van der Waals surface area (Å²) in [4.78, 5) is 21.7. The predicted molar refractivity (Wildman–Crippen MR) is 115 cm³/mol. The summed E-state index contributed by atoms with van der Waals surface area (Å²) in [5.41, 5.74) is 2.18. The molecule has 0 saturated heterocycles. The Morgan fingerprint density at radius 1 is 1.10 bits per heavy atom. The molecule has 0 unspecified atom stereocenters. The van der Waals surface area contributed by atoms with Crippen molar-refractivity contribution in [3.8, 4) is 17.1 Å². The van der Waals surface area contributed by atoms with Crippen molar-refractivity contribution in [2.24, 2.45) is 0 Å². The maximum absolute atomic E-state index is 13.1. The molecule has 0 aliphatic rings. The molecule has 0 spiro atoms. The van der Waals surface area contributed by atoms with Crippen LogP contribution in [0.4, 0.5) is 5.95 Å². The van der Waals surface area contributed by atoms with Crippen LogP contribution >= 0.6 is 11.6 Å². The molecule has 0 atom stereocenters. The molecule has 0 saturated carbocycles. The molecule has 2 aromatic heterocycles. The first kappa shape index (κ1) is 19.6. The van der Waals surface area contributed by atoms with Crippen LogP contribution < -0.4 is 10.1 Å². The van der Waals surface area contributed by atoms with Crippen LogP contribution in [0.15, 0.2) is 73.1 Å². The van der Waals surface area contributed by atoms with Crippen LogP contribution in [0.2, 0.25) is 5.02 Å². The average Bonchev–Trinajstić information content (AvgIpc) is 3.23. The van der Waals surface area contributed by atoms with Crippen molar-refractivity contribution >= 4 is 23.5 Å². The minimum Gasteiger partial charge on any atom is -0.497 e. The van der Waals surface area contributed by atoms with E-state index in [9.17, 15) is 4.79 Å². The summed E-state index contributed by atoms with van der Waals surface area (Å²) in [6.45, 7) is 0.457. The smallest absolute Gasteiger partial charge is 0.281 e. The van der Waals surface area contributed by atoms with Crippen molar-refractivity contribution in [2.75, 3.05) is 12.4 Å². The van der Waals surface area contributed by atoms with Crippen molar-refractivity contribution in [3.05, 3.63) is 89.2 Å². The van der Waals surface area contributed by atoms with Crippen LogP contribution in [0.3, 0.4) is 0 Å². The normalized spacial score (nSPS) is 10.6. The zero-order valence-corrected chi connectivity index (χ0v) is 16.9. The maximum atomic E-state index is 13.1. The summed E-state index contributed by atoms with van der Waals surface area (Å²) in [6, 6.07) is 17.9. The van der Waals surface area contributed by atoms with E-state index in [4.69, 9.17) is 16.3 Å². The standard InChI is InChI=1S/C22H18ClN5O2/c1-30-19-10-6-16(7-11-19)21(29)28-22(25-13-15-4-8-18(23)9-5-15)26-20(27-28)17-3-2-12-24-14-17/h2-12,14H,13H2,1H3,(H,25,26,27). The third kappa shape index (κ3) is 4.31. The SMILES string of the molecule is COc1ccc(C(=O)n2nc(-c3cccnc3)nc2NCc2ccc(Cl)cc2)cc1. The Hall–Kier alpha value is -3.71. The van der Waals surface area contributed by atoms with Gasteiger partial charge < -0.3 is 10.1 Å². The Morgan fingerprint density at radius 2 is 1.87 bits per heavy atom. The second kappa shape index (κ2) is 8.75. The van der Waals surface area contributed by atoms with Gasteiger partial charge in [-0.3, -0.25) is 9.78 Å². The highest BCUT2D eigenvalue weighted by atomic mass is 35.5. The molecule has 0 amide bonds. The average molecular weight is 420 g/mol. The summed E-state index contributed by atoms with van der Waals surface area (Å²) in [7, 11) is 1.58. The molecule has 0 aliphatic heterocycles. The van der Waals surface area contributed by atoms with Gasteiger partial charge in [0.15, 0.2) is 5.82 Å². The van der Waals surface area contributed by atoms with Crippen molar-refractivity contribution < 1.29 is 9.53 Å². The van der Waals surface area contributed by atoms with Crippen LogP contribution in [0.5, 0.6) is 5.75 Å². The van der Waals surface area contributed by atoms with Gasteiger partial charge in [-0.25, -0.2) is 0 Å². The molecule has 0 aliphatic carbocycles. The second-order valence-electron chi connectivity index (χ2n) is 6.43. The van der Waals surface area contributed by atoms with E-state index in [2.05, 4.69) is 20.4 Å². The van der Waals surface area contributed by atoms with Crippen LogP contribution in [-0.2, 0) is 6.54 Å². The Labute approximate surface area is 178 Å². The molecule has 8 heteroatoms. The van der Waals surface area contributed by atoms with E-state index in [1.165, 1.54) is 4.68 Å². The monoisotopic (exact) mass is 419 g/mol. The molecular formula is C22H18ClN5O2. The molecule has 2 heterocycles. The van der Waals surface area contributed by atoms with E-state index in [-0.39, 0.29) is 5.91 Å². The highest BCUT2D eigenvalue weighted by Crippen LogP contribution is 2.20. The minimum atomic E-state index is -0.307. The van der Waals surface area contributed by atoms with E-state index in [1.807, 2.05) is 30.3 Å². The number of nitrogens with zero attached hydrogens (tertiary/aromatic N) is 4. The number of carbonyl (C=O) groups excluding carboxylic acids is 1. The Kier molecular flexibility index (Phi) is 5.72. The number of halogens is 1. The fraction of sp³-hybridized carbons (Fsp3) is 0.0909. The predicted octanol–water partition coefficient (Wildman–Crippen LogP) is 4.30. The molecule has 0 radical (unpaired) electrons. The number of hydrogen-bond donors (Lipinski definition) is 1. The number of aromatic nitrogens is 4. The van der Waals surface area contributed by atoms with Crippen LogP contribution in [0.25, 0.3) is 11.4 Å². The lowest BCUT2D eigenvalue weighted by atomic mass is 10.2. The van der Waals surface area contributed by atoms with E-state index < -0.39 is 0 Å². The number of methoxy groups -OCH3 is 1. The molecule has 0 fully saturated rings. The third-order valence-corrected chi connectivity index (χ3v) is 4.67. The quantitative estimate of drug-likeness (QED) is 0.501. The van der Waals surface area contributed by atoms with Crippen LogP contribution in [0, 0.1) is 0 Å². The number of pyridine rings is 1. The summed E-state index contributed by atoms with van der Waals surface area (Å²) in [6.07, 6.45) is 3.32. The van der Waals surface area contributed by atoms with Crippen molar-refractivity contribution in [2.45, 2.75) is 6.54 Å². The maximum Gasteiger partial charge on any atom is 0.281 e.